The van der Waals surface area contributed by atoms with Gasteiger partial charge in [0.05, 0.1) is 0 Å². The van der Waals surface area contributed by atoms with E-state index in [9.17, 15) is 0 Å². The average Bonchev–Trinajstić information content (AvgIpc) is 2.07. The van der Waals surface area contributed by atoms with E-state index in [4.69, 9.17) is 0 Å². The van der Waals surface area contributed by atoms with Crippen LogP contribution in [0.3, 0.4) is 0 Å². The smallest absolute Gasteiger partial charge is 0.0109 e. The van der Waals surface area contributed by atoms with Crippen molar-refractivity contribution in [1.29, 1.82) is 0 Å². The van der Waals surface area contributed by atoms with E-state index in [1.807, 2.05) is 0 Å². The lowest BCUT2D eigenvalue weighted by molar-refractivity contribution is 0.799. The molecular weight excluding hydrogens is 134 g/mol. The summed E-state index contributed by atoms with van der Waals surface area (Å²) in [5, 5.41) is 3.32. The second-order valence-electron chi connectivity index (χ2n) is 2.98. The van der Waals surface area contributed by atoms with Gasteiger partial charge in [0.2, 0.25) is 0 Å². The van der Waals surface area contributed by atoms with Crippen LogP contribution in [-0.4, -0.2) is 0 Å². The highest BCUT2D eigenvalue weighted by Crippen LogP contribution is 2.14. The van der Waals surface area contributed by atoms with E-state index in [0.29, 0.717) is 0 Å². The van der Waals surface area contributed by atoms with Gasteiger partial charge in [0.25, 0.3) is 0 Å². The van der Waals surface area contributed by atoms with E-state index in [2.05, 4.69) is 31.4 Å². The third-order valence-corrected chi connectivity index (χ3v) is 2.05. The first-order chi connectivity index (χ1) is 5.36. The van der Waals surface area contributed by atoms with Crippen molar-refractivity contribution in [2.24, 2.45) is 0 Å². The van der Waals surface area contributed by atoms with Gasteiger partial charge in [-0.3, -0.25) is 0 Å². The maximum absolute atomic E-state index is 3.32. The summed E-state index contributed by atoms with van der Waals surface area (Å²) in [5.41, 5.74) is 2.90. The van der Waals surface area contributed by atoms with Crippen LogP contribution in [0.5, 0.6) is 0 Å². The molecule has 1 rings (SSSR count). The molecule has 0 aromatic heterocycles. The van der Waals surface area contributed by atoms with Gasteiger partial charge in [-0.2, -0.15) is 0 Å². The molecule has 0 saturated carbocycles. The van der Waals surface area contributed by atoms with Gasteiger partial charge in [-0.25, -0.2) is 0 Å². The number of rotatable bonds is 3. The van der Waals surface area contributed by atoms with Crippen molar-refractivity contribution >= 4 is 0 Å². The molecule has 0 bridgehead atoms. The highest BCUT2D eigenvalue weighted by atomic mass is 14.9. The van der Waals surface area contributed by atoms with Crippen molar-refractivity contribution in [3.63, 3.8) is 0 Å². The molecule has 0 aromatic carbocycles. The minimum Gasteiger partial charge on any atom is -0.365 e. The fourth-order valence-electron chi connectivity index (χ4n) is 1.26. The third-order valence-electron chi connectivity index (χ3n) is 2.05. The van der Waals surface area contributed by atoms with E-state index in [1.165, 1.54) is 30.5 Å². The molecule has 0 fully saturated rings. The summed E-state index contributed by atoms with van der Waals surface area (Å²) in [7, 11) is 0. The summed E-state index contributed by atoms with van der Waals surface area (Å²) in [6.45, 7) is 4.41. The predicted octanol–water partition coefficient (Wildman–Crippen LogP) is 2.96. The largest absolute Gasteiger partial charge is 0.365 e. The van der Waals surface area contributed by atoms with E-state index in [1.54, 1.807) is 0 Å². The van der Waals surface area contributed by atoms with Crippen molar-refractivity contribution in [3.8, 4) is 0 Å². The van der Waals surface area contributed by atoms with E-state index >= 15 is 0 Å². The molecule has 0 saturated heterocycles. The molecule has 1 heterocycles. The molecule has 11 heavy (non-hydrogen) atoms. The zero-order chi connectivity index (χ0) is 8.10. The Morgan fingerprint density at radius 3 is 2.73 bits per heavy atom. The van der Waals surface area contributed by atoms with Crippen molar-refractivity contribution in [1.82, 2.24) is 5.32 Å². The van der Waals surface area contributed by atoms with Crippen LogP contribution < -0.4 is 5.32 Å². The molecule has 0 atom stereocenters. The van der Waals surface area contributed by atoms with Crippen molar-refractivity contribution in [2.75, 3.05) is 0 Å². The molecule has 0 unspecified atom stereocenters. The van der Waals surface area contributed by atoms with Crippen LogP contribution in [0, 0.1) is 0 Å². The molecular formula is C10H17N. The number of allylic oxidation sites excluding steroid dienone is 3. The van der Waals surface area contributed by atoms with Gasteiger partial charge in [0, 0.05) is 11.9 Å². The standard InChI is InChI=1S/C10H17N/c1-3-5-10-7-6-9(4-2)8-11-10/h7-8,11H,3-6H2,1-2H3. The highest BCUT2D eigenvalue weighted by molar-refractivity contribution is 5.18. The molecule has 1 aliphatic rings. The van der Waals surface area contributed by atoms with Crippen LogP contribution in [0.4, 0.5) is 0 Å². The van der Waals surface area contributed by atoms with Gasteiger partial charge in [-0.1, -0.05) is 31.9 Å². The second-order valence-corrected chi connectivity index (χ2v) is 2.98. The molecule has 1 aliphatic heterocycles. The monoisotopic (exact) mass is 151 g/mol. The average molecular weight is 151 g/mol. The Morgan fingerprint density at radius 2 is 2.27 bits per heavy atom. The fourth-order valence-corrected chi connectivity index (χ4v) is 1.26. The number of hydrogen-bond acceptors (Lipinski definition) is 1. The normalized spacial score (nSPS) is 16.9. The molecule has 1 N–H and O–H groups in total. The van der Waals surface area contributed by atoms with Gasteiger partial charge in [0.15, 0.2) is 0 Å². The number of nitrogens with one attached hydrogen (secondary N) is 1. The zero-order valence-corrected chi connectivity index (χ0v) is 7.48. The minimum atomic E-state index is 1.15. The van der Waals surface area contributed by atoms with Crippen LogP contribution >= 0.6 is 0 Å². The third kappa shape index (κ3) is 2.41. The Hall–Kier alpha value is -0.720. The summed E-state index contributed by atoms with van der Waals surface area (Å²) in [6, 6.07) is 0. The Balaban J connectivity index is 2.37. The number of hydrogen-bond donors (Lipinski definition) is 1. The Bertz CT molecular complexity index is 177. The van der Waals surface area contributed by atoms with Crippen molar-refractivity contribution in [2.45, 2.75) is 39.5 Å². The number of dihydropyridines is 1. The predicted molar refractivity (Wildman–Crippen MR) is 49.1 cm³/mol. The Morgan fingerprint density at radius 1 is 1.45 bits per heavy atom. The zero-order valence-electron chi connectivity index (χ0n) is 7.48. The minimum absolute atomic E-state index is 1.15. The molecule has 0 aromatic rings. The van der Waals surface area contributed by atoms with Crippen molar-refractivity contribution in [3.05, 3.63) is 23.5 Å². The lowest BCUT2D eigenvalue weighted by atomic mass is 10.1. The van der Waals surface area contributed by atoms with Gasteiger partial charge in [-0.15, -0.1) is 0 Å². The lowest BCUT2D eigenvalue weighted by Gasteiger charge is -2.13. The lowest BCUT2D eigenvalue weighted by Crippen LogP contribution is -2.10. The quantitative estimate of drug-likeness (QED) is 0.654. The summed E-state index contributed by atoms with van der Waals surface area (Å²) >= 11 is 0. The molecule has 0 aliphatic carbocycles. The van der Waals surface area contributed by atoms with Gasteiger partial charge < -0.3 is 5.32 Å². The van der Waals surface area contributed by atoms with Gasteiger partial charge in [0.1, 0.15) is 0 Å². The summed E-state index contributed by atoms with van der Waals surface area (Å²) in [5.74, 6) is 0. The molecule has 0 spiro atoms. The summed E-state index contributed by atoms with van der Waals surface area (Å²) in [6.07, 6.45) is 9.21. The first-order valence-electron chi connectivity index (χ1n) is 4.50. The van der Waals surface area contributed by atoms with E-state index in [0.717, 1.165) is 6.42 Å². The van der Waals surface area contributed by atoms with Crippen LogP contribution in [0.25, 0.3) is 0 Å². The van der Waals surface area contributed by atoms with Crippen molar-refractivity contribution < 1.29 is 0 Å². The molecule has 1 nitrogen and oxygen atoms in total. The molecule has 62 valence electrons. The first-order valence-corrected chi connectivity index (χ1v) is 4.50. The SMILES string of the molecule is CCCC1=CCC(CC)=CN1. The maximum Gasteiger partial charge on any atom is 0.0109 e. The van der Waals surface area contributed by atoms with Crippen LogP contribution in [0.1, 0.15) is 39.5 Å². The topological polar surface area (TPSA) is 12.0 Å². The fraction of sp³-hybridized carbons (Fsp3) is 0.600. The van der Waals surface area contributed by atoms with E-state index in [-0.39, 0.29) is 0 Å². The molecule has 1 heteroatoms. The van der Waals surface area contributed by atoms with Crippen LogP contribution in [-0.2, 0) is 0 Å². The van der Waals surface area contributed by atoms with E-state index < -0.39 is 0 Å². The summed E-state index contributed by atoms with van der Waals surface area (Å²) < 4.78 is 0. The molecule has 0 amide bonds. The van der Waals surface area contributed by atoms with Crippen LogP contribution in [0.15, 0.2) is 23.5 Å². The van der Waals surface area contributed by atoms with Crippen LogP contribution in [0.2, 0.25) is 0 Å². The first kappa shape index (κ1) is 8.38. The maximum atomic E-state index is 3.32. The highest BCUT2D eigenvalue weighted by Gasteiger charge is 2.01. The summed E-state index contributed by atoms with van der Waals surface area (Å²) in [4.78, 5) is 0. The Labute approximate surface area is 69.2 Å². The van der Waals surface area contributed by atoms with Gasteiger partial charge in [-0.05, 0) is 19.3 Å². The van der Waals surface area contributed by atoms with Gasteiger partial charge >= 0.3 is 0 Å². The Kier molecular flexibility index (Phi) is 3.21. The molecule has 0 radical (unpaired) electrons. The second kappa shape index (κ2) is 4.22.